The van der Waals surface area contributed by atoms with Gasteiger partial charge in [0.25, 0.3) is 5.91 Å². The molecule has 6 nitrogen and oxygen atoms in total. The molecule has 2 aromatic rings. The van der Waals surface area contributed by atoms with Crippen LogP contribution in [0.15, 0.2) is 24.3 Å². The third-order valence-corrected chi connectivity index (χ3v) is 6.17. The monoisotopic (exact) mass is 371 g/mol. The molecule has 0 spiro atoms. The number of fused-ring (bicyclic) bond motifs is 3. The Morgan fingerprint density at radius 1 is 1.31 bits per heavy atom. The van der Waals surface area contributed by atoms with E-state index in [4.69, 9.17) is 4.74 Å². The average molecular weight is 371 g/mol. The zero-order valence-corrected chi connectivity index (χ0v) is 15.6. The standard InChI is InChI=1S/C19H21N3O3S/c1-3-22-9-8-13-14(10-22)26-18-15(13)17(23)20-16(21-18)11-4-6-12(7-5-11)19(24)25-2/h4-7,16,21H,3,8-10H2,1-2H3,(H,20,23). The number of thiophene rings is 1. The molecular formula is C19H21N3O3S. The fourth-order valence-electron chi connectivity index (χ4n) is 3.53. The highest BCUT2D eigenvalue weighted by Gasteiger charge is 2.33. The van der Waals surface area contributed by atoms with Crippen molar-refractivity contribution in [2.24, 2.45) is 0 Å². The Morgan fingerprint density at radius 2 is 2.08 bits per heavy atom. The van der Waals surface area contributed by atoms with Crippen LogP contribution < -0.4 is 10.6 Å². The second-order valence-corrected chi connectivity index (χ2v) is 7.60. The van der Waals surface area contributed by atoms with Crippen molar-refractivity contribution < 1.29 is 14.3 Å². The first-order valence-electron chi connectivity index (χ1n) is 8.73. The van der Waals surface area contributed by atoms with Gasteiger partial charge in [0.15, 0.2) is 0 Å². The number of anilines is 1. The lowest BCUT2D eigenvalue weighted by Crippen LogP contribution is -2.38. The molecular weight excluding hydrogens is 350 g/mol. The number of nitrogens with one attached hydrogen (secondary N) is 2. The Hall–Kier alpha value is -2.38. The normalized spacial score (nSPS) is 19.2. The third kappa shape index (κ3) is 2.87. The summed E-state index contributed by atoms with van der Waals surface area (Å²) in [5.74, 6) is -0.394. The van der Waals surface area contributed by atoms with Crippen molar-refractivity contribution in [2.45, 2.75) is 26.1 Å². The third-order valence-electron chi connectivity index (χ3n) is 5.03. The Bertz CT molecular complexity index is 860. The molecule has 136 valence electrons. The van der Waals surface area contributed by atoms with E-state index in [0.29, 0.717) is 5.56 Å². The Labute approximate surface area is 156 Å². The highest BCUT2D eigenvalue weighted by molar-refractivity contribution is 7.16. The van der Waals surface area contributed by atoms with Gasteiger partial charge in [-0.1, -0.05) is 19.1 Å². The number of benzene rings is 1. The van der Waals surface area contributed by atoms with Crippen LogP contribution in [0.1, 0.15) is 49.8 Å². The number of hydrogen-bond donors (Lipinski definition) is 2. The maximum absolute atomic E-state index is 12.7. The summed E-state index contributed by atoms with van der Waals surface area (Å²) in [7, 11) is 1.36. The van der Waals surface area contributed by atoms with Gasteiger partial charge in [-0.3, -0.25) is 9.69 Å². The molecule has 2 aliphatic rings. The van der Waals surface area contributed by atoms with E-state index < -0.39 is 0 Å². The Morgan fingerprint density at radius 3 is 2.77 bits per heavy atom. The number of esters is 1. The summed E-state index contributed by atoms with van der Waals surface area (Å²) in [4.78, 5) is 28.0. The van der Waals surface area contributed by atoms with Crippen LogP contribution in [-0.4, -0.2) is 37.0 Å². The molecule has 1 aromatic heterocycles. The summed E-state index contributed by atoms with van der Waals surface area (Å²) >= 11 is 1.68. The van der Waals surface area contributed by atoms with Crippen molar-refractivity contribution in [1.29, 1.82) is 0 Å². The molecule has 3 heterocycles. The maximum atomic E-state index is 12.7. The second kappa shape index (κ2) is 6.74. The van der Waals surface area contributed by atoms with E-state index in [1.165, 1.54) is 17.6 Å². The lowest BCUT2D eigenvalue weighted by molar-refractivity contribution is 0.0600. The summed E-state index contributed by atoms with van der Waals surface area (Å²) in [6.07, 6.45) is 0.617. The van der Waals surface area contributed by atoms with Gasteiger partial charge in [-0.15, -0.1) is 11.3 Å². The number of rotatable bonds is 3. The Kier molecular flexibility index (Phi) is 4.42. The highest BCUT2D eigenvalue weighted by atomic mass is 32.1. The molecule has 4 rings (SSSR count). The molecule has 1 unspecified atom stereocenters. The molecule has 0 aliphatic carbocycles. The van der Waals surface area contributed by atoms with Crippen molar-refractivity contribution in [3.63, 3.8) is 0 Å². The first-order chi connectivity index (χ1) is 12.6. The number of amides is 1. The van der Waals surface area contributed by atoms with Gasteiger partial charge in [0.2, 0.25) is 0 Å². The molecule has 0 fully saturated rings. The maximum Gasteiger partial charge on any atom is 0.337 e. The number of carbonyl (C=O) groups is 2. The summed E-state index contributed by atoms with van der Waals surface area (Å²) in [6.45, 7) is 5.10. The zero-order valence-electron chi connectivity index (χ0n) is 14.8. The van der Waals surface area contributed by atoms with E-state index in [0.717, 1.165) is 42.2 Å². The minimum atomic E-state index is -0.370. The zero-order chi connectivity index (χ0) is 18.3. The van der Waals surface area contributed by atoms with Crippen LogP contribution in [0.25, 0.3) is 0 Å². The lowest BCUT2D eigenvalue weighted by atomic mass is 10.00. The van der Waals surface area contributed by atoms with Gasteiger partial charge in [-0.25, -0.2) is 4.79 Å². The summed E-state index contributed by atoms with van der Waals surface area (Å²) in [6, 6.07) is 7.09. The topological polar surface area (TPSA) is 70.7 Å². The van der Waals surface area contributed by atoms with Crippen molar-refractivity contribution in [3.05, 3.63) is 51.4 Å². The number of likely N-dealkylation sites (N-methyl/N-ethyl adjacent to an activating group) is 1. The summed E-state index contributed by atoms with van der Waals surface area (Å²) in [5, 5.41) is 7.43. The van der Waals surface area contributed by atoms with Gasteiger partial charge in [-0.2, -0.15) is 0 Å². The van der Waals surface area contributed by atoms with Crippen LogP contribution in [0.3, 0.4) is 0 Å². The van der Waals surface area contributed by atoms with E-state index in [2.05, 4.69) is 22.5 Å². The summed E-state index contributed by atoms with van der Waals surface area (Å²) in [5.41, 5.74) is 3.39. The quantitative estimate of drug-likeness (QED) is 0.812. The molecule has 0 bridgehead atoms. The number of nitrogens with zero attached hydrogens (tertiary/aromatic N) is 1. The molecule has 0 saturated carbocycles. The lowest BCUT2D eigenvalue weighted by Gasteiger charge is -2.28. The second-order valence-electron chi connectivity index (χ2n) is 6.49. The van der Waals surface area contributed by atoms with Crippen LogP contribution in [0.5, 0.6) is 0 Å². The van der Waals surface area contributed by atoms with E-state index in [1.807, 2.05) is 12.1 Å². The molecule has 1 amide bonds. The van der Waals surface area contributed by atoms with E-state index in [1.54, 1.807) is 23.5 Å². The van der Waals surface area contributed by atoms with E-state index in [-0.39, 0.29) is 18.0 Å². The molecule has 2 aliphatic heterocycles. The van der Waals surface area contributed by atoms with Gasteiger partial charge in [0, 0.05) is 18.0 Å². The average Bonchev–Trinajstić information content (AvgIpc) is 3.05. The largest absolute Gasteiger partial charge is 0.465 e. The van der Waals surface area contributed by atoms with E-state index >= 15 is 0 Å². The minimum Gasteiger partial charge on any atom is -0.465 e. The van der Waals surface area contributed by atoms with Crippen molar-refractivity contribution in [1.82, 2.24) is 10.2 Å². The fourth-order valence-corrected chi connectivity index (χ4v) is 4.85. The number of hydrogen-bond acceptors (Lipinski definition) is 6. The number of ether oxygens (including phenoxy) is 1. The van der Waals surface area contributed by atoms with Gasteiger partial charge < -0.3 is 15.4 Å². The predicted molar refractivity (Wildman–Crippen MR) is 101 cm³/mol. The van der Waals surface area contributed by atoms with Gasteiger partial charge in [0.05, 0.1) is 18.2 Å². The van der Waals surface area contributed by atoms with Gasteiger partial charge >= 0.3 is 5.97 Å². The van der Waals surface area contributed by atoms with Gasteiger partial charge in [-0.05, 0) is 36.2 Å². The van der Waals surface area contributed by atoms with Gasteiger partial charge in [0.1, 0.15) is 11.2 Å². The molecule has 1 atom stereocenters. The van der Waals surface area contributed by atoms with Crippen molar-refractivity contribution >= 4 is 28.2 Å². The van der Waals surface area contributed by atoms with Crippen LogP contribution in [0.4, 0.5) is 5.00 Å². The number of methoxy groups -OCH3 is 1. The van der Waals surface area contributed by atoms with Crippen LogP contribution in [-0.2, 0) is 17.7 Å². The van der Waals surface area contributed by atoms with Crippen LogP contribution in [0.2, 0.25) is 0 Å². The predicted octanol–water partition coefficient (Wildman–Crippen LogP) is 2.77. The first-order valence-corrected chi connectivity index (χ1v) is 9.55. The molecule has 26 heavy (non-hydrogen) atoms. The summed E-state index contributed by atoms with van der Waals surface area (Å²) < 4.78 is 4.72. The highest BCUT2D eigenvalue weighted by Crippen LogP contribution is 2.40. The van der Waals surface area contributed by atoms with E-state index in [9.17, 15) is 9.59 Å². The Balaban J connectivity index is 1.60. The molecule has 0 radical (unpaired) electrons. The molecule has 0 saturated heterocycles. The number of carbonyl (C=O) groups excluding carboxylic acids is 2. The molecule has 7 heteroatoms. The molecule has 2 N–H and O–H groups in total. The van der Waals surface area contributed by atoms with Crippen LogP contribution in [0, 0.1) is 0 Å². The minimum absolute atomic E-state index is 0.0248. The van der Waals surface area contributed by atoms with Crippen molar-refractivity contribution in [3.8, 4) is 0 Å². The molecule has 1 aromatic carbocycles. The smallest absolute Gasteiger partial charge is 0.337 e. The van der Waals surface area contributed by atoms with Crippen molar-refractivity contribution in [2.75, 3.05) is 25.5 Å². The fraction of sp³-hybridized carbons (Fsp3) is 0.368. The SMILES string of the molecule is CCN1CCc2c(sc3c2C(=O)NC(c2ccc(C(=O)OC)cc2)N3)C1. The van der Waals surface area contributed by atoms with Crippen LogP contribution >= 0.6 is 11.3 Å². The first kappa shape index (κ1) is 17.1.